The molecule has 1 aromatic rings. The highest BCUT2D eigenvalue weighted by molar-refractivity contribution is 9.10. The maximum Gasteiger partial charge on any atom is 0.0548 e. The van der Waals surface area contributed by atoms with Gasteiger partial charge in [0.2, 0.25) is 0 Å². The summed E-state index contributed by atoms with van der Waals surface area (Å²) in [5.41, 5.74) is 1.35. The van der Waals surface area contributed by atoms with Gasteiger partial charge < -0.3 is 5.32 Å². The van der Waals surface area contributed by atoms with E-state index in [1.54, 1.807) is 0 Å². The molecule has 1 N–H and O–H groups in total. The predicted molar refractivity (Wildman–Crippen MR) is 76.6 cm³/mol. The number of benzene rings is 1. The van der Waals surface area contributed by atoms with Gasteiger partial charge in [-0.3, -0.25) is 4.90 Å². The lowest BCUT2D eigenvalue weighted by Crippen LogP contribution is -2.26. The molecule has 1 saturated heterocycles. The zero-order valence-corrected chi connectivity index (χ0v) is 12.6. The molecule has 94 valence electrons. The van der Waals surface area contributed by atoms with Crippen LogP contribution in [-0.2, 0) is 0 Å². The lowest BCUT2D eigenvalue weighted by molar-refractivity contribution is 0.274. The van der Waals surface area contributed by atoms with E-state index in [0.717, 1.165) is 22.6 Å². The number of nitrogens with zero attached hydrogens (tertiary/aromatic N) is 1. The topological polar surface area (TPSA) is 15.3 Å². The standard InChI is InChI=1S/C13H18BrClN2/c1-16-8-10-5-6-17(2)13(10)9-3-4-12(15)11(14)7-9/h3-4,7,10,13,16H,5-6,8H2,1-2H3. The third-order valence-corrected chi connectivity index (χ3v) is 4.74. The van der Waals surface area contributed by atoms with Crippen molar-refractivity contribution in [2.75, 3.05) is 27.2 Å². The van der Waals surface area contributed by atoms with Crippen LogP contribution in [0.3, 0.4) is 0 Å². The molecule has 2 rings (SSSR count). The van der Waals surface area contributed by atoms with E-state index in [9.17, 15) is 0 Å². The van der Waals surface area contributed by atoms with Gasteiger partial charge in [0.25, 0.3) is 0 Å². The molecule has 0 aliphatic carbocycles. The first-order chi connectivity index (χ1) is 8.13. The summed E-state index contributed by atoms with van der Waals surface area (Å²) in [5, 5.41) is 4.07. The molecule has 1 fully saturated rings. The number of hydrogen-bond acceptors (Lipinski definition) is 2. The van der Waals surface area contributed by atoms with Gasteiger partial charge in [0.15, 0.2) is 0 Å². The highest BCUT2D eigenvalue weighted by atomic mass is 79.9. The van der Waals surface area contributed by atoms with E-state index < -0.39 is 0 Å². The summed E-state index contributed by atoms with van der Waals surface area (Å²) < 4.78 is 0.986. The van der Waals surface area contributed by atoms with Crippen LogP contribution >= 0.6 is 27.5 Å². The first-order valence-corrected chi connectivity index (χ1v) is 7.10. The molecule has 0 spiro atoms. The van der Waals surface area contributed by atoms with E-state index in [0.29, 0.717) is 12.0 Å². The predicted octanol–water partition coefficient (Wildman–Crippen LogP) is 3.31. The van der Waals surface area contributed by atoms with Crippen LogP contribution in [0.25, 0.3) is 0 Å². The van der Waals surface area contributed by atoms with Crippen molar-refractivity contribution < 1.29 is 0 Å². The largest absolute Gasteiger partial charge is 0.319 e. The second-order valence-corrected chi connectivity index (χ2v) is 5.97. The van der Waals surface area contributed by atoms with E-state index in [2.05, 4.69) is 45.3 Å². The summed E-state index contributed by atoms with van der Waals surface area (Å²) in [6.45, 7) is 2.23. The van der Waals surface area contributed by atoms with Gasteiger partial charge in [0, 0.05) is 10.5 Å². The Kier molecular flexibility index (Phi) is 4.47. The molecule has 0 aromatic heterocycles. The maximum atomic E-state index is 6.05. The van der Waals surface area contributed by atoms with Gasteiger partial charge in [0.1, 0.15) is 0 Å². The van der Waals surface area contributed by atoms with Gasteiger partial charge in [-0.05, 0) is 73.1 Å². The van der Waals surface area contributed by atoms with Gasteiger partial charge in [0.05, 0.1) is 5.02 Å². The van der Waals surface area contributed by atoms with Gasteiger partial charge in [-0.25, -0.2) is 0 Å². The minimum absolute atomic E-state index is 0.496. The average molecular weight is 318 g/mol. The van der Waals surface area contributed by atoms with E-state index in [1.807, 2.05) is 13.1 Å². The molecule has 0 bridgehead atoms. The summed E-state index contributed by atoms with van der Waals surface area (Å²) >= 11 is 9.55. The third kappa shape index (κ3) is 2.84. The third-order valence-electron chi connectivity index (χ3n) is 3.53. The molecule has 2 atom stereocenters. The highest BCUT2D eigenvalue weighted by Crippen LogP contribution is 2.37. The maximum absolute atomic E-state index is 6.05. The summed E-state index contributed by atoms with van der Waals surface area (Å²) in [6, 6.07) is 6.76. The van der Waals surface area contributed by atoms with Gasteiger partial charge in [-0.2, -0.15) is 0 Å². The molecule has 0 amide bonds. The molecule has 0 saturated carbocycles. The number of rotatable bonds is 3. The number of likely N-dealkylation sites (tertiary alicyclic amines) is 1. The highest BCUT2D eigenvalue weighted by Gasteiger charge is 2.32. The van der Waals surface area contributed by atoms with Crippen LogP contribution in [0.5, 0.6) is 0 Å². The lowest BCUT2D eigenvalue weighted by atomic mass is 9.94. The molecular formula is C13H18BrClN2. The Morgan fingerprint density at radius 2 is 2.29 bits per heavy atom. The Balaban J connectivity index is 2.26. The molecule has 2 nitrogen and oxygen atoms in total. The van der Waals surface area contributed by atoms with Crippen molar-refractivity contribution in [3.8, 4) is 0 Å². The van der Waals surface area contributed by atoms with Crippen molar-refractivity contribution in [3.63, 3.8) is 0 Å². The second-order valence-electron chi connectivity index (χ2n) is 4.71. The Morgan fingerprint density at radius 3 is 2.94 bits per heavy atom. The summed E-state index contributed by atoms with van der Waals surface area (Å²) in [5.74, 6) is 0.679. The summed E-state index contributed by atoms with van der Waals surface area (Å²) in [7, 11) is 4.22. The number of nitrogens with one attached hydrogen (secondary N) is 1. The normalized spacial score (nSPS) is 25.4. The molecule has 1 aliphatic heterocycles. The fourth-order valence-corrected chi connectivity index (χ4v) is 3.24. The van der Waals surface area contributed by atoms with E-state index >= 15 is 0 Å². The minimum atomic E-state index is 0.496. The molecule has 1 aliphatic rings. The van der Waals surface area contributed by atoms with Crippen molar-refractivity contribution >= 4 is 27.5 Å². The fourth-order valence-electron chi connectivity index (χ4n) is 2.73. The summed E-state index contributed by atoms with van der Waals surface area (Å²) in [4.78, 5) is 2.43. The SMILES string of the molecule is CNCC1CCN(C)C1c1ccc(Cl)c(Br)c1. The van der Waals surface area contributed by atoms with Crippen LogP contribution in [0, 0.1) is 5.92 Å². The van der Waals surface area contributed by atoms with Crippen LogP contribution in [0.2, 0.25) is 5.02 Å². The molecule has 1 aromatic carbocycles. The van der Waals surface area contributed by atoms with E-state index in [-0.39, 0.29) is 0 Å². The van der Waals surface area contributed by atoms with Crippen LogP contribution in [-0.4, -0.2) is 32.1 Å². The second kappa shape index (κ2) is 5.70. The molecule has 4 heteroatoms. The molecular weight excluding hydrogens is 300 g/mol. The lowest BCUT2D eigenvalue weighted by Gasteiger charge is -2.25. The fraction of sp³-hybridized carbons (Fsp3) is 0.538. The monoisotopic (exact) mass is 316 g/mol. The van der Waals surface area contributed by atoms with Gasteiger partial charge in [-0.15, -0.1) is 0 Å². The minimum Gasteiger partial charge on any atom is -0.319 e. The van der Waals surface area contributed by atoms with Gasteiger partial charge in [-0.1, -0.05) is 17.7 Å². The Bertz CT molecular complexity index is 395. The zero-order chi connectivity index (χ0) is 12.4. The van der Waals surface area contributed by atoms with Gasteiger partial charge >= 0.3 is 0 Å². The van der Waals surface area contributed by atoms with Crippen molar-refractivity contribution in [3.05, 3.63) is 33.3 Å². The Hall–Kier alpha value is -0.0900. The average Bonchev–Trinajstić information content (AvgIpc) is 2.65. The van der Waals surface area contributed by atoms with Crippen molar-refractivity contribution in [2.45, 2.75) is 12.5 Å². The van der Waals surface area contributed by atoms with Crippen LogP contribution in [0.15, 0.2) is 22.7 Å². The Labute approximate surface area is 116 Å². The first-order valence-electron chi connectivity index (χ1n) is 5.93. The van der Waals surface area contributed by atoms with Crippen molar-refractivity contribution in [1.82, 2.24) is 10.2 Å². The quantitative estimate of drug-likeness (QED) is 0.920. The smallest absolute Gasteiger partial charge is 0.0548 e. The van der Waals surface area contributed by atoms with Crippen molar-refractivity contribution in [2.24, 2.45) is 5.92 Å². The molecule has 2 unspecified atom stereocenters. The number of hydrogen-bond donors (Lipinski definition) is 1. The first kappa shape index (κ1) is 13.3. The van der Waals surface area contributed by atoms with Crippen LogP contribution in [0.1, 0.15) is 18.0 Å². The van der Waals surface area contributed by atoms with Crippen molar-refractivity contribution in [1.29, 1.82) is 0 Å². The molecule has 0 radical (unpaired) electrons. The van der Waals surface area contributed by atoms with Crippen LogP contribution < -0.4 is 5.32 Å². The Morgan fingerprint density at radius 1 is 1.53 bits per heavy atom. The van der Waals surface area contributed by atoms with E-state index in [4.69, 9.17) is 11.6 Å². The molecule has 17 heavy (non-hydrogen) atoms. The zero-order valence-electron chi connectivity index (χ0n) is 10.2. The van der Waals surface area contributed by atoms with E-state index in [1.165, 1.54) is 12.0 Å². The molecule has 1 heterocycles. The van der Waals surface area contributed by atoms with Crippen LogP contribution in [0.4, 0.5) is 0 Å². The summed E-state index contributed by atoms with van der Waals surface area (Å²) in [6.07, 6.45) is 1.25. The number of halogens is 2.